The molecule has 8 heteroatoms. The van der Waals surface area contributed by atoms with E-state index < -0.39 is 0 Å². The second-order valence-electron chi connectivity index (χ2n) is 8.30. The summed E-state index contributed by atoms with van der Waals surface area (Å²) in [6.07, 6.45) is 9.82. The number of anilines is 1. The first-order chi connectivity index (χ1) is 18.6. The second-order valence-corrected chi connectivity index (χ2v) is 8.30. The molecule has 8 nitrogen and oxygen atoms in total. The van der Waals surface area contributed by atoms with Gasteiger partial charge in [0, 0.05) is 34.9 Å². The van der Waals surface area contributed by atoms with Crippen LogP contribution >= 0.6 is 0 Å². The molecule has 5 aromatic rings. The number of aromatic amines is 2. The molecule has 0 fully saturated rings. The van der Waals surface area contributed by atoms with Gasteiger partial charge in [-0.05, 0) is 43.7 Å². The topological polar surface area (TPSA) is 108 Å². The number of rotatable bonds is 8. The van der Waals surface area contributed by atoms with Gasteiger partial charge >= 0.3 is 0 Å². The highest BCUT2D eigenvalue weighted by molar-refractivity contribution is 5.90. The van der Waals surface area contributed by atoms with Crippen molar-refractivity contribution in [2.45, 2.75) is 34.1 Å². The maximum absolute atomic E-state index is 4.91. The first-order valence-corrected chi connectivity index (χ1v) is 12.6. The predicted octanol–water partition coefficient (Wildman–Crippen LogP) is 7.09. The van der Waals surface area contributed by atoms with E-state index in [1.54, 1.807) is 24.7 Å². The Bertz CT molecular complexity index is 1590. The quantitative estimate of drug-likeness (QED) is 0.195. The summed E-state index contributed by atoms with van der Waals surface area (Å²) < 4.78 is 0. The van der Waals surface area contributed by atoms with Crippen LogP contribution in [0.2, 0.25) is 0 Å². The third kappa shape index (κ3) is 5.44. The van der Waals surface area contributed by atoms with Crippen molar-refractivity contribution in [2.24, 2.45) is 0 Å². The van der Waals surface area contributed by atoms with Crippen LogP contribution in [0.25, 0.3) is 39.4 Å². The lowest BCUT2D eigenvalue weighted by Gasteiger charge is -2.08. The summed E-state index contributed by atoms with van der Waals surface area (Å²) in [7, 11) is 0. The summed E-state index contributed by atoms with van der Waals surface area (Å²) in [5, 5.41) is 10.9. The molecule has 192 valence electrons. The molecule has 5 aromatic heterocycles. The first-order valence-electron chi connectivity index (χ1n) is 12.6. The van der Waals surface area contributed by atoms with E-state index in [9.17, 15) is 0 Å². The highest BCUT2D eigenvalue weighted by atomic mass is 15.2. The van der Waals surface area contributed by atoms with E-state index in [0.717, 1.165) is 62.8 Å². The predicted molar refractivity (Wildman–Crippen MR) is 155 cm³/mol. The number of pyridine rings is 3. The highest BCUT2D eigenvalue weighted by Crippen LogP contribution is 2.30. The van der Waals surface area contributed by atoms with Crippen molar-refractivity contribution in [2.75, 3.05) is 5.32 Å². The lowest BCUT2D eigenvalue weighted by molar-refractivity contribution is 1.10. The third-order valence-electron chi connectivity index (χ3n) is 5.78. The molecule has 3 N–H and O–H groups in total. The number of aryl methyl sites for hydroxylation is 1. The molecular weight excluding hydrogens is 472 g/mol. The Balaban J connectivity index is 0.00000164. The maximum atomic E-state index is 4.91. The van der Waals surface area contributed by atoms with Crippen LogP contribution in [0.3, 0.4) is 0 Å². The van der Waals surface area contributed by atoms with Crippen molar-refractivity contribution < 1.29 is 0 Å². The number of hydrogen-bond acceptors (Lipinski definition) is 6. The molecule has 5 heterocycles. The molecule has 0 spiro atoms. The van der Waals surface area contributed by atoms with E-state index in [1.165, 1.54) is 0 Å². The number of H-pyrrole nitrogens is 2. The van der Waals surface area contributed by atoms with Crippen molar-refractivity contribution in [1.29, 1.82) is 0 Å². The molecular formula is C30H32N8. The number of nitrogens with one attached hydrogen (secondary N) is 3. The average Bonchev–Trinajstić information content (AvgIpc) is 3.56. The van der Waals surface area contributed by atoms with Crippen molar-refractivity contribution in [3.8, 4) is 22.8 Å². The summed E-state index contributed by atoms with van der Waals surface area (Å²) in [6.45, 7) is 15.9. The molecule has 0 bridgehead atoms. The van der Waals surface area contributed by atoms with Gasteiger partial charge in [-0.1, -0.05) is 52.1 Å². The van der Waals surface area contributed by atoms with E-state index >= 15 is 0 Å². The minimum Gasteiger partial charge on any atom is -0.358 e. The fraction of sp³-hybridized carbons (Fsp3) is 0.167. The number of fused-ring (bicyclic) bond motifs is 1. The zero-order valence-corrected chi connectivity index (χ0v) is 22.2. The van der Waals surface area contributed by atoms with E-state index in [2.05, 4.69) is 50.5 Å². The standard InChI is InChI=1S/C28H26N8.C2H6/c1-5-9-21(23-10-7-8-13-30-23)25-18(4)32-28(34-25)27-26-24(35-36-27)12-11-22(33-26)19-14-20(16-29-15-19)31-17(3)6-2;1-2/h5,7-16,31H,1,3,6H2,2,4H3,(H,32,34)(H,35,36);1-2H3/b21-9-;. The highest BCUT2D eigenvalue weighted by Gasteiger charge is 2.19. The van der Waals surface area contributed by atoms with Crippen LogP contribution in [0.1, 0.15) is 44.3 Å². The van der Waals surface area contributed by atoms with Crippen LogP contribution in [0.5, 0.6) is 0 Å². The van der Waals surface area contributed by atoms with Gasteiger partial charge < -0.3 is 10.3 Å². The van der Waals surface area contributed by atoms with E-state index in [-0.39, 0.29) is 0 Å². The number of aromatic nitrogens is 7. The van der Waals surface area contributed by atoms with E-state index in [1.807, 2.05) is 63.2 Å². The normalized spacial score (nSPS) is 11.1. The fourth-order valence-electron chi connectivity index (χ4n) is 3.93. The maximum Gasteiger partial charge on any atom is 0.161 e. The van der Waals surface area contributed by atoms with Gasteiger partial charge in [-0.3, -0.25) is 15.1 Å². The average molecular weight is 505 g/mol. The molecule has 0 saturated carbocycles. The van der Waals surface area contributed by atoms with Gasteiger partial charge in [0.2, 0.25) is 0 Å². The van der Waals surface area contributed by atoms with Gasteiger partial charge in [0.1, 0.15) is 5.52 Å². The third-order valence-corrected chi connectivity index (χ3v) is 5.78. The van der Waals surface area contributed by atoms with Gasteiger partial charge in [0.25, 0.3) is 0 Å². The zero-order valence-electron chi connectivity index (χ0n) is 22.2. The van der Waals surface area contributed by atoms with Crippen LogP contribution < -0.4 is 5.32 Å². The zero-order chi connectivity index (χ0) is 27.1. The Morgan fingerprint density at radius 1 is 1.11 bits per heavy atom. The van der Waals surface area contributed by atoms with Crippen LogP contribution in [-0.4, -0.2) is 35.1 Å². The molecule has 0 aliphatic heterocycles. The van der Waals surface area contributed by atoms with Crippen LogP contribution in [-0.2, 0) is 0 Å². The van der Waals surface area contributed by atoms with E-state index in [0.29, 0.717) is 11.5 Å². The largest absolute Gasteiger partial charge is 0.358 e. The van der Waals surface area contributed by atoms with Crippen LogP contribution in [0, 0.1) is 6.92 Å². The van der Waals surface area contributed by atoms with Gasteiger partial charge in [0.15, 0.2) is 11.5 Å². The van der Waals surface area contributed by atoms with Crippen LogP contribution in [0.4, 0.5) is 5.69 Å². The van der Waals surface area contributed by atoms with Gasteiger partial charge in [0.05, 0.1) is 34.5 Å². The number of hydrogen-bond donors (Lipinski definition) is 3. The molecule has 0 aliphatic rings. The monoisotopic (exact) mass is 504 g/mol. The number of allylic oxidation sites excluding steroid dienone is 3. The minimum absolute atomic E-state index is 0.622. The molecule has 0 aromatic carbocycles. The van der Waals surface area contributed by atoms with Crippen LogP contribution in [0.15, 0.2) is 86.0 Å². The summed E-state index contributed by atoms with van der Waals surface area (Å²) >= 11 is 0. The van der Waals surface area contributed by atoms with Crippen molar-refractivity contribution in [1.82, 2.24) is 35.1 Å². The Morgan fingerprint density at radius 3 is 2.68 bits per heavy atom. The van der Waals surface area contributed by atoms with Crippen molar-refractivity contribution >= 4 is 22.3 Å². The fourth-order valence-corrected chi connectivity index (χ4v) is 3.93. The molecule has 0 aliphatic carbocycles. The molecule has 0 unspecified atom stereocenters. The van der Waals surface area contributed by atoms with Gasteiger partial charge in [-0.2, -0.15) is 5.10 Å². The lowest BCUT2D eigenvalue weighted by Crippen LogP contribution is -1.97. The number of imidazole rings is 1. The lowest BCUT2D eigenvalue weighted by atomic mass is 10.1. The summed E-state index contributed by atoms with van der Waals surface area (Å²) in [6, 6.07) is 11.7. The Hall–Kier alpha value is -4.85. The van der Waals surface area contributed by atoms with Crippen molar-refractivity contribution in [3.05, 3.63) is 103 Å². The minimum atomic E-state index is 0.622. The molecule has 0 saturated heterocycles. The molecule has 0 radical (unpaired) electrons. The summed E-state index contributed by atoms with van der Waals surface area (Å²) in [4.78, 5) is 22.0. The SMILES string of the molecule is C=C/C=C(/c1ccccn1)c1nc(-c2n[nH]c3ccc(-c4cncc(NC(=C)CC)c4)nc23)[nH]c1C.CC. The molecule has 0 atom stereocenters. The molecule has 5 rings (SSSR count). The Kier molecular flexibility index (Phi) is 8.23. The summed E-state index contributed by atoms with van der Waals surface area (Å²) in [5.41, 5.74) is 9.03. The second kappa shape index (κ2) is 11.9. The smallest absolute Gasteiger partial charge is 0.161 e. The number of nitrogens with zero attached hydrogens (tertiary/aromatic N) is 5. The Morgan fingerprint density at radius 2 is 1.95 bits per heavy atom. The van der Waals surface area contributed by atoms with Crippen molar-refractivity contribution in [3.63, 3.8) is 0 Å². The van der Waals surface area contributed by atoms with Gasteiger partial charge in [-0.25, -0.2) is 9.97 Å². The van der Waals surface area contributed by atoms with Gasteiger partial charge in [-0.15, -0.1) is 0 Å². The Labute approximate surface area is 222 Å². The molecule has 0 amide bonds. The molecule has 38 heavy (non-hydrogen) atoms. The summed E-state index contributed by atoms with van der Waals surface area (Å²) in [5.74, 6) is 0.622. The van der Waals surface area contributed by atoms with E-state index in [4.69, 9.17) is 9.97 Å². The first kappa shape index (κ1) is 26.2.